The van der Waals surface area contributed by atoms with Crippen molar-refractivity contribution in [3.8, 4) is 11.5 Å². The molecule has 27 heavy (non-hydrogen) atoms. The lowest BCUT2D eigenvalue weighted by atomic mass is 10.2. The van der Waals surface area contributed by atoms with Crippen molar-refractivity contribution in [3.05, 3.63) is 70.0 Å². The molecule has 0 saturated carbocycles. The zero-order valence-electron chi connectivity index (χ0n) is 14.2. The van der Waals surface area contributed by atoms with Gasteiger partial charge in [0.05, 0.1) is 24.3 Å². The molecule has 0 aliphatic heterocycles. The number of thioether (sulfide) groups is 1. The number of phenolic OH excluding ortho intramolecular Hbond substituents is 1. The van der Waals surface area contributed by atoms with Crippen LogP contribution in [0.15, 0.2) is 59.0 Å². The summed E-state index contributed by atoms with van der Waals surface area (Å²) in [5.74, 6) is 0.441. The van der Waals surface area contributed by atoms with Crippen molar-refractivity contribution < 1.29 is 14.8 Å². The molecule has 0 bridgehead atoms. The molecule has 0 amide bonds. The average Bonchev–Trinajstić information content (AvgIpc) is 3.13. The lowest BCUT2D eigenvalue weighted by molar-refractivity contribution is -0.385. The van der Waals surface area contributed by atoms with Crippen molar-refractivity contribution in [1.29, 1.82) is 0 Å². The number of nitro groups is 1. The Bertz CT molecular complexity index is 975. The van der Waals surface area contributed by atoms with Crippen molar-refractivity contribution >= 4 is 23.7 Å². The molecule has 3 rings (SSSR count). The minimum Gasteiger partial charge on any atom is -0.504 e. The minimum atomic E-state index is -0.570. The smallest absolute Gasteiger partial charge is 0.274 e. The number of benzene rings is 2. The van der Waals surface area contributed by atoms with E-state index in [1.54, 1.807) is 0 Å². The molecule has 0 radical (unpaired) electrons. The molecule has 1 N–H and O–H groups in total. The van der Waals surface area contributed by atoms with Gasteiger partial charge in [0.25, 0.3) is 5.69 Å². The number of hydrogen-bond acceptors (Lipinski definition) is 8. The van der Waals surface area contributed by atoms with Crippen LogP contribution in [0.25, 0.3) is 0 Å². The second-order valence-electron chi connectivity index (χ2n) is 5.32. The van der Waals surface area contributed by atoms with Crippen LogP contribution in [-0.2, 0) is 5.75 Å². The summed E-state index contributed by atoms with van der Waals surface area (Å²) in [6.45, 7) is 0. The number of non-ortho nitro benzene ring substituents is 1. The Kier molecular flexibility index (Phi) is 5.67. The molecular weight excluding hydrogens is 370 g/mol. The lowest BCUT2D eigenvalue weighted by Gasteiger charge is -2.06. The van der Waals surface area contributed by atoms with Crippen molar-refractivity contribution in [2.45, 2.75) is 10.9 Å². The quantitative estimate of drug-likeness (QED) is 0.287. The zero-order chi connectivity index (χ0) is 19.2. The van der Waals surface area contributed by atoms with E-state index in [0.29, 0.717) is 10.9 Å². The number of aromatic nitrogens is 3. The first-order valence-electron chi connectivity index (χ1n) is 7.75. The summed E-state index contributed by atoms with van der Waals surface area (Å²) in [5.41, 5.74) is 1.06. The van der Waals surface area contributed by atoms with Gasteiger partial charge in [0.15, 0.2) is 11.5 Å². The van der Waals surface area contributed by atoms with Crippen LogP contribution in [0.1, 0.15) is 11.1 Å². The van der Waals surface area contributed by atoms with Crippen LogP contribution in [0, 0.1) is 10.1 Å². The van der Waals surface area contributed by atoms with E-state index in [1.807, 2.05) is 30.3 Å². The van der Waals surface area contributed by atoms with Gasteiger partial charge in [0, 0.05) is 17.4 Å². The highest BCUT2D eigenvalue weighted by atomic mass is 32.2. The number of nitro benzene ring substituents is 1. The van der Waals surface area contributed by atoms with E-state index in [4.69, 9.17) is 4.74 Å². The van der Waals surface area contributed by atoms with Gasteiger partial charge in [0.1, 0.15) is 6.33 Å². The highest BCUT2D eigenvalue weighted by Crippen LogP contribution is 2.33. The SMILES string of the molecule is COc1cc([N+](=O)[O-])cc(C=Nn2cnnc2SCc2ccccc2)c1O. The van der Waals surface area contributed by atoms with E-state index in [9.17, 15) is 15.2 Å². The first kappa shape index (κ1) is 18.4. The summed E-state index contributed by atoms with van der Waals surface area (Å²) in [5, 5.41) is 33.8. The summed E-state index contributed by atoms with van der Waals surface area (Å²) in [6.07, 6.45) is 2.70. The summed E-state index contributed by atoms with van der Waals surface area (Å²) < 4.78 is 6.40. The van der Waals surface area contributed by atoms with Crippen LogP contribution < -0.4 is 4.74 Å². The van der Waals surface area contributed by atoms with Gasteiger partial charge in [-0.2, -0.15) is 9.78 Å². The molecular formula is C17H15N5O4S. The molecule has 10 heteroatoms. The van der Waals surface area contributed by atoms with Crippen molar-refractivity contribution in [1.82, 2.24) is 14.9 Å². The molecule has 0 fully saturated rings. The van der Waals surface area contributed by atoms with Gasteiger partial charge in [-0.3, -0.25) is 10.1 Å². The highest BCUT2D eigenvalue weighted by molar-refractivity contribution is 7.98. The molecule has 1 aromatic heterocycles. The van der Waals surface area contributed by atoms with Crippen LogP contribution in [0.2, 0.25) is 0 Å². The van der Waals surface area contributed by atoms with E-state index in [1.165, 1.54) is 42.2 Å². The van der Waals surface area contributed by atoms with Gasteiger partial charge in [-0.15, -0.1) is 10.2 Å². The standard InChI is InChI=1S/C17H15N5O4S/c1-26-15-8-14(22(24)25)7-13(16(15)23)9-19-21-11-18-20-17(21)27-10-12-5-3-2-4-6-12/h2-9,11,23H,10H2,1H3. The van der Waals surface area contributed by atoms with E-state index < -0.39 is 4.92 Å². The fraction of sp³-hybridized carbons (Fsp3) is 0.118. The van der Waals surface area contributed by atoms with Crippen molar-refractivity contribution in [2.75, 3.05) is 7.11 Å². The summed E-state index contributed by atoms with van der Waals surface area (Å²) in [6, 6.07) is 12.2. The van der Waals surface area contributed by atoms with Crippen LogP contribution in [0.4, 0.5) is 5.69 Å². The molecule has 3 aromatic rings. The van der Waals surface area contributed by atoms with Crippen LogP contribution in [0.5, 0.6) is 11.5 Å². The number of ether oxygens (including phenoxy) is 1. The van der Waals surface area contributed by atoms with Crippen LogP contribution in [0.3, 0.4) is 0 Å². The Labute approximate surface area is 158 Å². The third-order valence-corrected chi connectivity index (χ3v) is 4.56. The van der Waals surface area contributed by atoms with E-state index >= 15 is 0 Å². The molecule has 138 valence electrons. The second kappa shape index (κ2) is 8.32. The Morgan fingerprint density at radius 2 is 2.15 bits per heavy atom. The van der Waals surface area contributed by atoms with E-state index in [0.717, 1.165) is 11.6 Å². The lowest BCUT2D eigenvalue weighted by Crippen LogP contribution is -1.96. The molecule has 1 heterocycles. The van der Waals surface area contributed by atoms with E-state index in [-0.39, 0.29) is 22.7 Å². The molecule has 0 atom stereocenters. The number of hydrogen-bond donors (Lipinski definition) is 1. The summed E-state index contributed by atoms with van der Waals surface area (Å²) in [4.78, 5) is 10.5. The third-order valence-electron chi connectivity index (χ3n) is 3.55. The average molecular weight is 385 g/mol. The third kappa shape index (κ3) is 4.42. The fourth-order valence-electron chi connectivity index (χ4n) is 2.21. The zero-order valence-corrected chi connectivity index (χ0v) is 15.0. The first-order chi connectivity index (χ1) is 13.1. The Balaban J connectivity index is 1.82. The van der Waals surface area contributed by atoms with Crippen LogP contribution >= 0.6 is 11.8 Å². The monoisotopic (exact) mass is 385 g/mol. The number of aromatic hydroxyl groups is 1. The van der Waals surface area contributed by atoms with Gasteiger partial charge in [-0.05, 0) is 5.56 Å². The second-order valence-corrected chi connectivity index (χ2v) is 6.26. The fourth-order valence-corrected chi connectivity index (χ4v) is 3.03. The summed E-state index contributed by atoms with van der Waals surface area (Å²) >= 11 is 1.44. The van der Waals surface area contributed by atoms with Gasteiger partial charge in [-0.25, -0.2) is 0 Å². The summed E-state index contributed by atoms with van der Waals surface area (Å²) in [7, 11) is 1.32. The van der Waals surface area contributed by atoms with Crippen LogP contribution in [-0.4, -0.2) is 38.2 Å². The molecule has 0 aliphatic rings. The topological polar surface area (TPSA) is 116 Å². The minimum absolute atomic E-state index is 0.00641. The van der Waals surface area contributed by atoms with Crippen molar-refractivity contribution in [2.24, 2.45) is 5.10 Å². The molecule has 0 aliphatic carbocycles. The normalized spacial score (nSPS) is 11.0. The number of rotatable bonds is 7. The highest BCUT2D eigenvalue weighted by Gasteiger charge is 2.16. The Morgan fingerprint density at radius 1 is 1.37 bits per heavy atom. The predicted molar refractivity (Wildman–Crippen MR) is 100 cm³/mol. The molecule has 0 unspecified atom stereocenters. The Hall–Kier alpha value is -3.40. The maximum atomic E-state index is 11.0. The molecule has 0 spiro atoms. The van der Waals surface area contributed by atoms with Gasteiger partial charge >= 0.3 is 0 Å². The number of nitrogens with zero attached hydrogens (tertiary/aromatic N) is 5. The van der Waals surface area contributed by atoms with Gasteiger partial charge in [-0.1, -0.05) is 42.1 Å². The van der Waals surface area contributed by atoms with E-state index in [2.05, 4.69) is 15.3 Å². The molecule has 9 nitrogen and oxygen atoms in total. The first-order valence-corrected chi connectivity index (χ1v) is 8.73. The van der Waals surface area contributed by atoms with Gasteiger partial charge in [0.2, 0.25) is 5.16 Å². The predicted octanol–water partition coefficient (Wildman–Crippen LogP) is 3.08. The molecule has 2 aromatic carbocycles. The molecule has 0 saturated heterocycles. The number of methoxy groups -OCH3 is 1. The Morgan fingerprint density at radius 3 is 2.85 bits per heavy atom. The van der Waals surface area contributed by atoms with Gasteiger partial charge < -0.3 is 9.84 Å². The van der Waals surface area contributed by atoms with Crippen molar-refractivity contribution in [3.63, 3.8) is 0 Å². The maximum absolute atomic E-state index is 11.0. The largest absolute Gasteiger partial charge is 0.504 e. The number of phenols is 1. The maximum Gasteiger partial charge on any atom is 0.274 e.